The van der Waals surface area contributed by atoms with Crippen molar-refractivity contribution in [2.45, 2.75) is 109 Å². The van der Waals surface area contributed by atoms with Crippen LogP contribution in [0.3, 0.4) is 0 Å². The summed E-state index contributed by atoms with van der Waals surface area (Å²) in [6.45, 7) is 2.23. The van der Waals surface area contributed by atoms with E-state index in [0.717, 1.165) is 38.5 Å². The largest absolute Gasteiger partial charge is 0.481 e. The second kappa shape index (κ2) is 18.5. The van der Waals surface area contributed by atoms with Crippen LogP contribution in [0.4, 0.5) is 0 Å². The van der Waals surface area contributed by atoms with Gasteiger partial charge >= 0.3 is 11.9 Å². The molecular formula is C22H39NO5. The van der Waals surface area contributed by atoms with E-state index in [0.29, 0.717) is 0 Å². The summed E-state index contributed by atoms with van der Waals surface area (Å²) in [7, 11) is 0. The third kappa shape index (κ3) is 17.6. The molecule has 0 unspecified atom stereocenters. The number of hydrogen-bond acceptors (Lipinski definition) is 3. The van der Waals surface area contributed by atoms with E-state index in [2.05, 4.69) is 24.4 Å². The Hall–Kier alpha value is -1.85. The number of carboxylic acid groups (broad SMARTS) is 2. The van der Waals surface area contributed by atoms with E-state index in [-0.39, 0.29) is 25.2 Å². The molecule has 0 aromatic rings. The molecular weight excluding hydrogens is 358 g/mol. The van der Waals surface area contributed by atoms with Crippen LogP contribution in [0.1, 0.15) is 103 Å². The van der Waals surface area contributed by atoms with E-state index in [1.165, 1.54) is 38.5 Å². The molecule has 6 nitrogen and oxygen atoms in total. The smallest absolute Gasteiger partial charge is 0.326 e. The van der Waals surface area contributed by atoms with Gasteiger partial charge in [-0.25, -0.2) is 4.79 Å². The molecule has 0 aliphatic heterocycles. The van der Waals surface area contributed by atoms with Gasteiger partial charge in [-0.05, 0) is 38.5 Å². The summed E-state index contributed by atoms with van der Waals surface area (Å²) in [4.78, 5) is 33.3. The lowest BCUT2D eigenvalue weighted by atomic mass is 10.1. The molecule has 6 heteroatoms. The van der Waals surface area contributed by atoms with Crippen LogP contribution in [0.15, 0.2) is 12.2 Å². The predicted octanol–water partition coefficient (Wildman–Crippen LogP) is 5.07. The number of rotatable bonds is 19. The number of carbonyl (C=O) groups is 3. The first kappa shape index (κ1) is 26.1. The second-order valence-electron chi connectivity index (χ2n) is 7.37. The minimum Gasteiger partial charge on any atom is -0.481 e. The Kier molecular flexibility index (Phi) is 17.3. The quantitative estimate of drug-likeness (QED) is 0.209. The zero-order chi connectivity index (χ0) is 21.0. The van der Waals surface area contributed by atoms with Gasteiger partial charge in [-0.15, -0.1) is 0 Å². The second-order valence-corrected chi connectivity index (χ2v) is 7.37. The number of nitrogens with one attached hydrogen (secondary N) is 1. The molecule has 3 N–H and O–H groups in total. The van der Waals surface area contributed by atoms with Crippen LogP contribution >= 0.6 is 0 Å². The molecule has 0 spiro atoms. The molecule has 0 saturated heterocycles. The fraction of sp³-hybridized carbons (Fsp3) is 0.773. The summed E-state index contributed by atoms with van der Waals surface area (Å²) in [5.74, 6) is -2.58. The topological polar surface area (TPSA) is 104 Å². The highest BCUT2D eigenvalue weighted by atomic mass is 16.4. The Bertz CT molecular complexity index is 462. The van der Waals surface area contributed by atoms with Crippen molar-refractivity contribution >= 4 is 17.8 Å². The van der Waals surface area contributed by atoms with Gasteiger partial charge in [0.25, 0.3) is 0 Å². The maximum Gasteiger partial charge on any atom is 0.326 e. The van der Waals surface area contributed by atoms with Gasteiger partial charge in [-0.3, -0.25) is 9.59 Å². The number of carbonyl (C=O) groups excluding carboxylic acids is 1. The number of aliphatic carboxylic acids is 2. The van der Waals surface area contributed by atoms with Gasteiger partial charge in [0, 0.05) is 12.8 Å². The third-order valence-corrected chi connectivity index (χ3v) is 4.70. The number of carboxylic acids is 2. The third-order valence-electron chi connectivity index (χ3n) is 4.70. The Balaban J connectivity index is 3.57. The summed E-state index contributed by atoms with van der Waals surface area (Å²) < 4.78 is 0. The van der Waals surface area contributed by atoms with Crippen LogP contribution < -0.4 is 5.32 Å². The van der Waals surface area contributed by atoms with Gasteiger partial charge in [0.2, 0.25) is 5.91 Å². The molecule has 0 rings (SSSR count). The Morgan fingerprint density at radius 3 is 1.86 bits per heavy atom. The number of unbranched alkanes of at least 4 members (excludes halogenated alkanes) is 10. The number of allylic oxidation sites excluding steroid dienone is 2. The molecule has 0 aliphatic carbocycles. The Morgan fingerprint density at radius 1 is 0.786 bits per heavy atom. The van der Waals surface area contributed by atoms with Crippen molar-refractivity contribution in [1.82, 2.24) is 5.32 Å². The molecule has 0 fully saturated rings. The van der Waals surface area contributed by atoms with E-state index in [9.17, 15) is 14.4 Å². The Labute approximate surface area is 169 Å². The molecule has 0 bridgehead atoms. The fourth-order valence-corrected chi connectivity index (χ4v) is 2.97. The minimum atomic E-state index is -1.19. The van der Waals surface area contributed by atoms with E-state index < -0.39 is 18.0 Å². The van der Waals surface area contributed by atoms with Crippen LogP contribution in [-0.2, 0) is 14.4 Å². The molecule has 0 radical (unpaired) electrons. The number of hydrogen-bond donors (Lipinski definition) is 3. The van der Waals surface area contributed by atoms with Gasteiger partial charge in [-0.1, -0.05) is 64.0 Å². The molecule has 1 atom stereocenters. The van der Waals surface area contributed by atoms with Crippen LogP contribution in [0, 0.1) is 0 Å². The first-order valence-electron chi connectivity index (χ1n) is 10.9. The first-order chi connectivity index (χ1) is 13.5. The van der Waals surface area contributed by atoms with Crippen LogP contribution in [0.2, 0.25) is 0 Å². The molecule has 0 aromatic heterocycles. The maximum absolute atomic E-state index is 11.8. The Morgan fingerprint density at radius 2 is 1.32 bits per heavy atom. The zero-order valence-electron chi connectivity index (χ0n) is 17.5. The van der Waals surface area contributed by atoms with Crippen LogP contribution in [0.5, 0.6) is 0 Å². The molecule has 0 aromatic carbocycles. The normalized spacial score (nSPS) is 12.2. The lowest BCUT2D eigenvalue weighted by molar-refractivity contribution is -0.143. The van der Waals surface area contributed by atoms with Crippen molar-refractivity contribution in [1.29, 1.82) is 0 Å². The van der Waals surface area contributed by atoms with E-state index >= 15 is 0 Å². The van der Waals surface area contributed by atoms with E-state index in [4.69, 9.17) is 10.2 Å². The van der Waals surface area contributed by atoms with E-state index in [1.807, 2.05) is 0 Å². The molecule has 28 heavy (non-hydrogen) atoms. The summed E-state index contributed by atoms with van der Waals surface area (Å²) in [5.41, 5.74) is 0. The summed E-state index contributed by atoms with van der Waals surface area (Å²) in [6, 6.07) is -1.12. The zero-order valence-corrected chi connectivity index (χ0v) is 17.5. The van der Waals surface area contributed by atoms with Gasteiger partial charge in [0.05, 0.1) is 0 Å². The van der Waals surface area contributed by atoms with Crippen LogP contribution in [0.25, 0.3) is 0 Å². The summed E-state index contributed by atoms with van der Waals surface area (Å²) >= 11 is 0. The van der Waals surface area contributed by atoms with Gasteiger partial charge < -0.3 is 15.5 Å². The lowest BCUT2D eigenvalue weighted by Gasteiger charge is -2.13. The molecule has 162 valence electrons. The number of amides is 1. The average Bonchev–Trinajstić information content (AvgIpc) is 2.65. The first-order valence-corrected chi connectivity index (χ1v) is 10.9. The van der Waals surface area contributed by atoms with Crippen molar-refractivity contribution in [3.8, 4) is 0 Å². The molecule has 0 heterocycles. The highest BCUT2D eigenvalue weighted by molar-refractivity contribution is 5.83. The molecule has 1 amide bonds. The van der Waals surface area contributed by atoms with E-state index in [1.54, 1.807) is 0 Å². The molecule has 0 aliphatic rings. The highest BCUT2D eigenvalue weighted by Crippen LogP contribution is 2.09. The van der Waals surface area contributed by atoms with Gasteiger partial charge in [0.15, 0.2) is 0 Å². The van der Waals surface area contributed by atoms with Crippen molar-refractivity contribution in [3.63, 3.8) is 0 Å². The van der Waals surface area contributed by atoms with Crippen molar-refractivity contribution in [2.75, 3.05) is 0 Å². The van der Waals surface area contributed by atoms with Gasteiger partial charge in [-0.2, -0.15) is 0 Å². The minimum absolute atomic E-state index is 0.0946. The summed E-state index contributed by atoms with van der Waals surface area (Å²) in [5, 5.41) is 20.0. The lowest BCUT2D eigenvalue weighted by Crippen LogP contribution is -2.41. The van der Waals surface area contributed by atoms with Crippen molar-refractivity contribution < 1.29 is 24.6 Å². The monoisotopic (exact) mass is 397 g/mol. The maximum atomic E-state index is 11.8. The standard InChI is InChI=1S/C22H39NO5/c1-2-3-4-5-6-7-8-9-10-11-12-13-14-15-16-20(24)23-19(22(27)28)17-18-21(25)26/h8-9,19H,2-7,10-18H2,1H3,(H,23,24)(H,25,26)(H,27,28)/b9-8-/t19-/m0/s1. The summed E-state index contributed by atoms with van der Waals surface area (Å²) in [6.07, 6.45) is 18.4. The van der Waals surface area contributed by atoms with Crippen molar-refractivity contribution in [3.05, 3.63) is 12.2 Å². The SMILES string of the molecule is CCCCCCC/C=C\CCCCCCCC(=O)N[C@@H](CCC(=O)O)C(=O)O. The van der Waals surface area contributed by atoms with Crippen LogP contribution in [-0.4, -0.2) is 34.1 Å². The van der Waals surface area contributed by atoms with Crippen molar-refractivity contribution in [2.24, 2.45) is 0 Å². The fourth-order valence-electron chi connectivity index (χ4n) is 2.97. The van der Waals surface area contributed by atoms with Gasteiger partial charge in [0.1, 0.15) is 6.04 Å². The highest BCUT2D eigenvalue weighted by Gasteiger charge is 2.20. The predicted molar refractivity (Wildman–Crippen MR) is 111 cm³/mol. The average molecular weight is 398 g/mol. The molecule has 0 saturated carbocycles.